The Kier molecular flexibility index (Phi) is 5.07. The number of fused-ring (bicyclic) bond motifs is 1. The van der Waals surface area contributed by atoms with Crippen LogP contribution in [0.15, 0.2) is 43.0 Å². The SMILES string of the molecule is CCOc1cc(-c2ccc3c(O)n(-c4cnn(CC)c4)cc3n2)cnc1OCC. The molecule has 0 atom stereocenters. The molecule has 0 amide bonds. The fraction of sp³-hybridized carbons (Fsp3) is 0.286. The van der Waals surface area contributed by atoms with E-state index < -0.39 is 0 Å². The third-order valence-electron chi connectivity index (χ3n) is 4.56. The molecule has 8 heteroatoms. The van der Waals surface area contributed by atoms with Crippen LogP contribution >= 0.6 is 0 Å². The molecule has 0 saturated carbocycles. The van der Waals surface area contributed by atoms with Crippen molar-refractivity contribution >= 4 is 10.9 Å². The van der Waals surface area contributed by atoms with Crippen LogP contribution in [0.5, 0.6) is 17.5 Å². The van der Waals surface area contributed by atoms with Gasteiger partial charge in [-0.15, -0.1) is 0 Å². The Labute approximate surface area is 168 Å². The van der Waals surface area contributed by atoms with Crippen LogP contribution in [0, 0.1) is 0 Å². The molecule has 4 heterocycles. The van der Waals surface area contributed by atoms with Crippen molar-refractivity contribution in [2.45, 2.75) is 27.3 Å². The second-order valence-corrected chi connectivity index (χ2v) is 6.40. The van der Waals surface area contributed by atoms with Crippen molar-refractivity contribution < 1.29 is 14.6 Å². The van der Waals surface area contributed by atoms with Crippen molar-refractivity contribution in [3.63, 3.8) is 0 Å². The maximum Gasteiger partial charge on any atom is 0.257 e. The number of aryl methyl sites for hydroxylation is 1. The Morgan fingerprint density at radius 3 is 2.59 bits per heavy atom. The first kappa shape index (κ1) is 18.8. The Morgan fingerprint density at radius 1 is 1.03 bits per heavy atom. The molecule has 0 aliphatic carbocycles. The summed E-state index contributed by atoms with van der Waals surface area (Å²) in [6.07, 6.45) is 7.11. The van der Waals surface area contributed by atoms with Gasteiger partial charge >= 0.3 is 0 Å². The predicted molar refractivity (Wildman–Crippen MR) is 110 cm³/mol. The molecule has 150 valence electrons. The van der Waals surface area contributed by atoms with Gasteiger partial charge in [0.25, 0.3) is 5.88 Å². The molecule has 0 saturated heterocycles. The van der Waals surface area contributed by atoms with Crippen molar-refractivity contribution in [1.82, 2.24) is 24.3 Å². The van der Waals surface area contributed by atoms with E-state index in [4.69, 9.17) is 14.5 Å². The van der Waals surface area contributed by atoms with E-state index in [9.17, 15) is 5.11 Å². The van der Waals surface area contributed by atoms with Crippen LogP contribution in [0.1, 0.15) is 20.8 Å². The molecule has 0 bridgehead atoms. The quantitative estimate of drug-likeness (QED) is 0.514. The molecule has 0 unspecified atom stereocenters. The summed E-state index contributed by atoms with van der Waals surface area (Å²) in [5.74, 6) is 1.19. The summed E-state index contributed by atoms with van der Waals surface area (Å²) in [4.78, 5) is 9.08. The van der Waals surface area contributed by atoms with Crippen LogP contribution in [-0.2, 0) is 6.54 Å². The lowest BCUT2D eigenvalue weighted by Gasteiger charge is -2.11. The molecule has 0 aliphatic heterocycles. The highest BCUT2D eigenvalue weighted by atomic mass is 16.5. The minimum Gasteiger partial charge on any atom is -0.494 e. The highest BCUT2D eigenvalue weighted by molar-refractivity contribution is 5.87. The van der Waals surface area contributed by atoms with Gasteiger partial charge in [-0.25, -0.2) is 9.97 Å². The smallest absolute Gasteiger partial charge is 0.257 e. The van der Waals surface area contributed by atoms with Gasteiger partial charge in [-0.2, -0.15) is 5.10 Å². The Balaban J connectivity index is 1.75. The number of ether oxygens (including phenoxy) is 2. The monoisotopic (exact) mass is 393 g/mol. The number of pyridine rings is 2. The normalized spacial score (nSPS) is 11.1. The molecule has 8 nitrogen and oxygen atoms in total. The van der Waals surface area contributed by atoms with Gasteiger partial charge < -0.3 is 14.6 Å². The minimum atomic E-state index is 0.134. The van der Waals surface area contributed by atoms with Crippen molar-refractivity contribution in [1.29, 1.82) is 0 Å². The average molecular weight is 393 g/mol. The summed E-state index contributed by atoms with van der Waals surface area (Å²) in [6, 6.07) is 5.58. The van der Waals surface area contributed by atoms with Crippen LogP contribution in [-0.4, -0.2) is 42.6 Å². The molecular weight excluding hydrogens is 370 g/mol. The van der Waals surface area contributed by atoms with Crippen molar-refractivity contribution in [2.24, 2.45) is 0 Å². The third kappa shape index (κ3) is 3.49. The minimum absolute atomic E-state index is 0.134. The van der Waals surface area contributed by atoms with E-state index in [0.717, 1.165) is 23.5 Å². The summed E-state index contributed by atoms with van der Waals surface area (Å²) in [6.45, 7) is 7.62. The molecule has 0 spiro atoms. The number of aromatic hydroxyl groups is 1. The van der Waals surface area contributed by atoms with E-state index in [-0.39, 0.29) is 5.88 Å². The molecule has 0 radical (unpaired) electrons. The molecule has 0 fully saturated rings. The van der Waals surface area contributed by atoms with E-state index in [2.05, 4.69) is 10.1 Å². The molecule has 4 aromatic rings. The fourth-order valence-corrected chi connectivity index (χ4v) is 3.16. The third-order valence-corrected chi connectivity index (χ3v) is 4.56. The van der Waals surface area contributed by atoms with Crippen LogP contribution in [0.4, 0.5) is 0 Å². The van der Waals surface area contributed by atoms with Gasteiger partial charge in [-0.3, -0.25) is 9.25 Å². The first-order valence-electron chi connectivity index (χ1n) is 9.64. The van der Waals surface area contributed by atoms with Crippen LogP contribution in [0.2, 0.25) is 0 Å². The Hall–Kier alpha value is -3.55. The number of rotatable bonds is 7. The zero-order chi connectivity index (χ0) is 20.4. The number of hydrogen-bond donors (Lipinski definition) is 1. The average Bonchev–Trinajstić information content (AvgIpc) is 3.34. The second-order valence-electron chi connectivity index (χ2n) is 6.40. The lowest BCUT2D eigenvalue weighted by Crippen LogP contribution is -2.01. The van der Waals surface area contributed by atoms with Crippen LogP contribution in [0.25, 0.3) is 27.8 Å². The van der Waals surface area contributed by atoms with Gasteiger partial charge in [0, 0.05) is 30.7 Å². The van der Waals surface area contributed by atoms with E-state index in [1.807, 2.05) is 45.2 Å². The van der Waals surface area contributed by atoms with Gasteiger partial charge in [-0.05, 0) is 39.0 Å². The zero-order valence-electron chi connectivity index (χ0n) is 16.7. The largest absolute Gasteiger partial charge is 0.494 e. The molecule has 0 aromatic carbocycles. The van der Waals surface area contributed by atoms with E-state index in [1.165, 1.54) is 0 Å². The van der Waals surface area contributed by atoms with E-state index in [0.29, 0.717) is 35.7 Å². The molecule has 4 aromatic heterocycles. The van der Waals surface area contributed by atoms with Crippen molar-refractivity contribution in [2.75, 3.05) is 13.2 Å². The van der Waals surface area contributed by atoms with Gasteiger partial charge in [-0.1, -0.05) is 0 Å². The summed E-state index contributed by atoms with van der Waals surface area (Å²) >= 11 is 0. The van der Waals surface area contributed by atoms with Crippen LogP contribution < -0.4 is 9.47 Å². The molecule has 29 heavy (non-hydrogen) atoms. The van der Waals surface area contributed by atoms with E-state index in [1.54, 1.807) is 27.8 Å². The maximum atomic E-state index is 10.6. The van der Waals surface area contributed by atoms with E-state index >= 15 is 0 Å². The summed E-state index contributed by atoms with van der Waals surface area (Å²) in [7, 11) is 0. The first-order valence-corrected chi connectivity index (χ1v) is 9.64. The predicted octanol–water partition coefficient (Wildman–Crippen LogP) is 3.81. The molecule has 4 rings (SSSR count). The zero-order valence-corrected chi connectivity index (χ0v) is 16.7. The summed E-state index contributed by atoms with van der Waals surface area (Å²) in [5.41, 5.74) is 3.00. The number of aromatic nitrogens is 5. The Bertz CT molecular complexity index is 1150. The standard InChI is InChI=1S/C21H23N5O3/c1-4-25-12-15(11-23-25)26-13-18-16(21(26)27)7-8-17(24-18)14-9-19(28-5-2)20(22-10-14)29-6-3/h7-13,27H,4-6H2,1-3H3. The van der Waals surface area contributed by atoms with Crippen LogP contribution in [0.3, 0.4) is 0 Å². The summed E-state index contributed by atoms with van der Waals surface area (Å²) in [5, 5.41) is 15.6. The lowest BCUT2D eigenvalue weighted by molar-refractivity contribution is 0.278. The molecular formula is C21H23N5O3. The van der Waals surface area contributed by atoms with Crippen molar-refractivity contribution in [3.8, 4) is 34.5 Å². The number of nitrogens with zero attached hydrogens (tertiary/aromatic N) is 5. The lowest BCUT2D eigenvalue weighted by atomic mass is 10.1. The maximum absolute atomic E-state index is 10.6. The number of hydrogen-bond acceptors (Lipinski definition) is 6. The van der Waals surface area contributed by atoms with Crippen molar-refractivity contribution in [3.05, 3.63) is 43.0 Å². The molecule has 1 N–H and O–H groups in total. The van der Waals surface area contributed by atoms with Gasteiger partial charge in [0.2, 0.25) is 5.88 Å². The summed E-state index contributed by atoms with van der Waals surface area (Å²) < 4.78 is 14.7. The Morgan fingerprint density at radius 2 is 1.86 bits per heavy atom. The van der Waals surface area contributed by atoms with Gasteiger partial charge in [0.1, 0.15) is 0 Å². The van der Waals surface area contributed by atoms with Gasteiger partial charge in [0.05, 0.1) is 41.7 Å². The van der Waals surface area contributed by atoms with Gasteiger partial charge in [0.15, 0.2) is 5.75 Å². The highest BCUT2D eigenvalue weighted by Gasteiger charge is 2.15. The molecule has 0 aliphatic rings. The first-order chi connectivity index (χ1) is 14.1. The topological polar surface area (TPSA) is 87.2 Å². The fourth-order valence-electron chi connectivity index (χ4n) is 3.16. The highest BCUT2D eigenvalue weighted by Crippen LogP contribution is 2.33. The second kappa shape index (κ2) is 7.83.